The van der Waals surface area contributed by atoms with E-state index in [-0.39, 0.29) is 17.6 Å². The van der Waals surface area contributed by atoms with Crippen LogP contribution in [0.1, 0.15) is 45.6 Å². The molecule has 5 heteroatoms. The molecular formula is C19H27FN2O2. The van der Waals surface area contributed by atoms with Gasteiger partial charge in [-0.2, -0.15) is 0 Å². The van der Waals surface area contributed by atoms with Crippen LogP contribution in [0.2, 0.25) is 0 Å². The highest BCUT2D eigenvalue weighted by atomic mass is 19.1. The van der Waals surface area contributed by atoms with Crippen molar-refractivity contribution < 1.29 is 14.0 Å². The fourth-order valence-corrected chi connectivity index (χ4v) is 3.16. The van der Waals surface area contributed by atoms with Crippen molar-refractivity contribution in [3.05, 3.63) is 35.6 Å². The second-order valence-electron chi connectivity index (χ2n) is 7.39. The van der Waals surface area contributed by atoms with Gasteiger partial charge in [0.2, 0.25) is 11.8 Å². The highest BCUT2D eigenvalue weighted by molar-refractivity contribution is 5.84. The van der Waals surface area contributed by atoms with E-state index in [1.165, 1.54) is 12.1 Å². The predicted molar refractivity (Wildman–Crippen MR) is 91.6 cm³/mol. The van der Waals surface area contributed by atoms with Crippen LogP contribution < -0.4 is 5.32 Å². The molecule has 0 radical (unpaired) electrons. The number of rotatable bonds is 5. The molecule has 0 spiro atoms. The fourth-order valence-electron chi connectivity index (χ4n) is 3.16. The average Bonchev–Trinajstić information content (AvgIpc) is 2.52. The number of hydrogen-bond acceptors (Lipinski definition) is 2. The quantitative estimate of drug-likeness (QED) is 0.899. The van der Waals surface area contributed by atoms with Crippen LogP contribution in [0.5, 0.6) is 0 Å². The lowest BCUT2D eigenvalue weighted by Crippen LogP contribution is -2.51. The van der Waals surface area contributed by atoms with Crippen LogP contribution in [0, 0.1) is 17.2 Å². The van der Waals surface area contributed by atoms with Crippen LogP contribution in [0.4, 0.5) is 4.39 Å². The van der Waals surface area contributed by atoms with Crippen molar-refractivity contribution in [2.24, 2.45) is 11.3 Å². The molecule has 1 heterocycles. The Morgan fingerprint density at radius 2 is 2.12 bits per heavy atom. The van der Waals surface area contributed by atoms with E-state index in [4.69, 9.17) is 0 Å². The molecule has 0 bridgehead atoms. The minimum Gasteiger partial charge on any atom is -0.351 e. The van der Waals surface area contributed by atoms with Crippen molar-refractivity contribution in [3.8, 4) is 0 Å². The number of likely N-dealkylation sites (tertiary alicyclic amines) is 1. The Labute approximate surface area is 143 Å². The van der Waals surface area contributed by atoms with Crippen LogP contribution in [0.3, 0.4) is 0 Å². The van der Waals surface area contributed by atoms with E-state index in [0.29, 0.717) is 25.4 Å². The first-order chi connectivity index (χ1) is 11.3. The Morgan fingerprint density at radius 3 is 2.79 bits per heavy atom. The summed E-state index contributed by atoms with van der Waals surface area (Å²) in [4.78, 5) is 26.7. The van der Waals surface area contributed by atoms with Gasteiger partial charge in [0, 0.05) is 26.1 Å². The molecule has 1 fully saturated rings. The number of nitrogens with zero attached hydrogens (tertiary/aromatic N) is 1. The lowest BCUT2D eigenvalue weighted by atomic mass is 9.80. The molecule has 1 aliphatic rings. The largest absolute Gasteiger partial charge is 0.351 e. The molecule has 2 amide bonds. The van der Waals surface area contributed by atoms with E-state index in [0.717, 1.165) is 24.9 Å². The van der Waals surface area contributed by atoms with Gasteiger partial charge in [-0.1, -0.05) is 26.0 Å². The number of piperidine rings is 1. The van der Waals surface area contributed by atoms with Crippen molar-refractivity contribution in [2.45, 2.75) is 46.6 Å². The fraction of sp³-hybridized carbons (Fsp3) is 0.579. The van der Waals surface area contributed by atoms with Crippen LogP contribution in [-0.4, -0.2) is 29.8 Å². The molecular weight excluding hydrogens is 307 g/mol. The van der Waals surface area contributed by atoms with Gasteiger partial charge in [0.15, 0.2) is 0 Å². The van der Waals surface area contributed by atoms with Crippen LogP contribution in [-0.2, 0) is 16.1 Å². The van der Waals surface area contributed by atoms with Crippen LogP contribution >= 0.6 is 0 Å². The summed E-state index contributed by atoms with van der Waals surface area (Å²) in [5, 5.41) is 2.89. The highest BCUT2D eigenvalue weighted by Gasteiger charge is 2.39. The third-order valence-electron chi connectivity index (χ3n) is 4.52. The number of halogens is 1. The van der Waals surface area contributed by atoms with Gasteiger partial charge in [-0.15, -0.1) is 0 Å². The zero-order chi connectivity index (χ0) is 17.7. The number of amides is 2. The third-order valence-corrected chi connectivity index (χ3v) is 4.52. The molecule has 24 heavy (non-hydrogen) atoms. The summed E-state index contributed by atoms with van der Waals surface area (Å²) in [7, 11) is 0. The summed E-state index contributed by atoms with van der Waals surface area (Å²) in [5.41, 5.74) is 0.147. The maximum atomic E-state index is 13.2. The minimum absolute atomic E-state index is 0.0752. The lowest BCUT2D eigenvalue weighted by molar-refractivity contribution is -0.141. The van der Waals surface area contributed by atoms with Crippen molar-refractivity contribution in [3.63, 3.8) is 0 Å². The zero-order valence-corrected chi connectivity index (χ0v) is 14.8. The van der Waals surface area contributed by atoms with E-state index < -0.39 is 5.41 Å². The van der Waals surface area contributed by atoms with Crippen LogP contribution in [0.15, 0.2) is 24.3 Å². The molecule has 1 saturated heterocycles. The molecule has 1 aromatic carbocycles. The van der Waals surface area contributed by atoms with Crippen molar-refractivity contribution in [1.29, 1.82) is 0 Å². The average molecular weight is 334 g/mol. The van der Waals surface area contributed by atoms with Gasteiger partial charge in [0.1, 0.15) is 5.82 Å². The first-order valence-corrected chi connectivity index (χ1v) is 8.61. The Hall–Kier alpha value is -1.91. The monoisotopic (exact) mass is 334 g/mol. The van der Waals surface area contributed by atoms with E-state index in [9.17, 15) is 14.0 Å². The Kier molecular flexibility index (Phi) is 5.97. The molecule has 1 atom stereocenters. The maximum absolute atomic E-state index is 13.2. The molecule has 1 aliphatic heterocycles. The molecule has 2 rings (SSSR count). The van der Waals surface area contributed by atoms with Gasteiger partial charge < -0.3 is 10.2 Å². The van der Waals surface area contributed by atoms with Gasteiger partial charge in [-0.05, 0) is 43.4 Å². The van der Waals surface area contributed by atoms with Gasteiger partial charge in [-0.25, -0.2) is 4.39 Å². The number of nitrogens with one attached hydrogen (secondary N) is 1. The standard InChI is InChI=1S/C19H27FN2O2/c1-14(2)10-17(23)22-9-5-8-19(3,13-22)18(24)21-12-15-6-4-7-16(20)11-15/h4,6-7,11,14H,5,8-10,12-13H2,1-3H3,(H,21,24)/t19-/m0/s1. The second-order valence-corrected chi connectivity index (χ2v) is 7.39. The van der Waals surface area contributed by atoms with E-state index >= 15 is 0 Å². The number of carbonyl (C=O) groups excluding carboxylic acids is 2. The Bertz CT molecular complexity index is 603. The maximum Gasteiger partial charge on any atom is 0.227 e. The normalized spacial score (nSPS) is 21.0. The molecule has 0 unspecified atom stereocenters. The Morgan fingerprint density at radius 1 is 1.38 bits per heavy atom. The zero-order valence-electron chi connectivity index (χ0n) is 14.8. The first-order valence-electron chi connectivity index (χ1n) is 8.61. The minimum atomic E-state index is -0.585. The summed E-state index contributed by atoms with van der Waals surface area (Å²) < 4.78 is 13.2. The van der Waals surface area contributed by atoms with E-state index in [1.807, 2.05) is 25.7 Å². The summed E-state index contributed by atoms with van der Waals surface area (Å²) >= 11 is 0. The number of hydrogen-bond donors (Lipinski definition) is 1. The third kappa shape index (κ3) is 4.79. The summed E-state index contributed by atoms with van der Waals surface area (Å²) in [6.07, 6.45) is 2.10. The number of benzene rings is 1. The SMILES string of the molecule is CC(C)CC(=O)N1CCC[C@](C)(C(=O)NCc2cccc(F)c2)C1. The molecule has 1 aromatic rings. The summed E-state index contributed by atoms with van der Waals surface area (Å²) in [6.45, 7) is 7.42. The topological polar surface area (TPSA) is 49.4 Å². The second kappa shape index (κ2) is 7.77. The van der Waals surface area contributed by atoms with E-state index in [2.05, 4.69) is 5.32 Å². The van der Waals surface area contributed by atoms with Crippen molar-refractivity contribution in [1.82, 2.24) is 10.2 Å². The number of carbonyl (C=O) groups is 2. The Balaban J connectivity index is 1.95. The predicted octanol–water partition coefficient (Wildman–Crippen LogP) is 3.12. The van der Waals surface area contributed by atoms with Gasteiger partial charge in [-0.3, -0.25) is 9.59 Å². The van der Waals surface area contributed by atoms with Crippen LogP contribution in [0.25, 0.3) is 0 Å². The molecule has 132 valence electrons. The lowest BCUT2D eigenvalue weighted by Gasteiger charge is -2.39. The molecule has 0 saturated carbocycles. The molecule has 0 aliphatic carbocycles. The van der Waals surface area contributed by atoms with Gasteiger partial charge in [0.05, 0.1) is 5.41 Å². The smallest absolute Gasteiger partial charge is 0.227 e. The molecule has 1 N–H and O–H groups in total. The molecule has 4 nitrogen and oxygen atoms in total. The van der Waals surface area contributed by atoms with Gasteiger partial charge >= 0.3 is 0 Å². The highest BCUT2D eigenvalue weighted by Crippen LogP contribution is 2.30. The van der Waals surface area contributed by atoms with E-state index in [1.54, 1.807) is 12.1 Å². The summed E-state index contributed by atoms with van der Waals surface area (Å²) in [5.74, 6) is 0.0474. The van der Waals surface area contributed by atoms with Crippen molar-refractivity contribution in [2.75, 3.05) is 13.1 Å². The first kappa shape index (κ1) is 18.4. The molecule has 0 aromatic heterocycles. The van der Waals surface area contributed by atoms with Gasteiger partial charge in [0.25, 0.3) is 0 Å². The summed E-state index contributed by atoms with van der Waals surface area (Å²) in [6, 6.07) is 6.21. The van der Waals surface area contributed by atoms with Crippen molar-refractivity contribution >= 4 is 11.8 Å².